The third kappa shape index (κ3) is 17.0. The van der Waals surface area contributed by atoms with Crippen molar-refractivity contribution in [3.63, 3.8) is 0 Å². The first-order chi connectivity index (χ1) is 9.41. The predicted molar refractivity (Wildman–Crippen MR) is 89.1 cm³/mol. The fourth-order valence-corrected chi connectivity index (χ4v) is 1.65. The third-order valence-electron chi connectivity index (χ3n) is 2.81. The SMILES string of the molecule is [CH2]CCC=CCC=CCCC=CCC=CCCCC. The van der Waals surface area contributed by atoms with Crippen LogP contribution in [0.15, 0.2) is 48.6 Å². The minimum atomic E-state index is 0.998. The lowest BCUT2D eigenvalue weighted by atomic mass is 10.2. The molecule has 0 rings (SSSR count). The summed E-state index contributed by atoms with van der Waals surface area (Å²) in [5.74, 6) is 0. The fraction of sp³-hybridized carbons (Fsp3) is 0.526. The molecule has 0 unspecified atom stereocenters. The molecule has 0 saturated carbocycles. The third-order valence-corrected chi connectivity index (χ3v) is 2.81. The molecule has 0 aliphatic heterocycles. The highest BCUT2D eigenvalue weighted by Crippen LogP contribution is 1.99. The highest BCUT2D eigenvalue weighted by Gasteiger charge is 1.79. The molecule has 0 aromatic heterocycles. The van der Waals surface area contributed by atoms with Crippen LogP contribution in [0.4, 0.5) is 0 Å². The van der Waals surface area contributed by atoms with Crippen LogP contribution in [0.5, 0.6) is 0 Å². The number of rotatable bonds is 12. The first-order valence-corrected chi connectivity index (χ1v) is 7.81. The molecular weight excluding hydrogens is 228 g/mol. The number of hydrogen-bond donors (Lipinski definition) is 0. The van der Waals surface area contributed by atoms with Gasteiger partial charge in [0.05, 0.1) is 0 Å². The topological polar surface area (TPSA) is 0 Å². The molecule has 0 amide bonds. The van der Waals surface area contributed by atoms with Crippen molar-refractivity contribution in [3.05, 3.63) is 55.5 Å². The zero-order valence-corrected chi connectivity index (χ0v) is 12.7. The maximum Gasteiger partial charge on any atom is -0.0169 e. The van der Waals surface area contributed by atoms with Gasteiger partial charge in [-0.15, -0.1) is 0 Å². The summed E-state index contributed by atoms with van der Waals surface area (Å²) in [4.78, 5) is 0. The second-order valence-electron chi connectivity index (χ2n) is 4.72. The summed E-state index contributed by atoms with van der Waals surface area (Å²) in [6.45, 7) is 6.04. The molecular formula is C19H31. The lowest BCUT2D eigenvalue weighted by Gasteiger charge is -1.89. The van der Waals surface area contributed by atoms with Gasteiger partial charge < -0.3 is 0 Å². The lowest BCUT2D eigenvalue weighted by Crippen LogP contribution is -1.68. The van der Waals surface area contributed by atoms with Gasteiger partial charge in [0.2, 0.25) is 0 Å². The Kier molecular flexibility index (Phi) is 16.0. The number of unbranched alkanes of at least 4 members (excludes halogenated alkanes) is 4. The van der Waals surface area contributed by atoms with E-state index in [1.165, 1.54) is 19.3 Å². The second-order valence-corrected chi connectivity index (χ2v) is 4.72. The molecule has 19 heavy (non-hydrogen) atoms. The van der Waals surface area contributed by atoms with Crippen LogP contribution < -0.4 is 0 Å². The average Bonchev–Trinajstić information content (AvgIpc) is 2.43. The van der Waals surface area contributed by atoms with Crippen molar-refractivity contribution >= 4 is 0 Å². The van der Waals surface area contributed by atoms with E-state index < -0.39 is 0 Å². The van der Waals surface area contributed by atoms with Crippen molar-refractivity contribution < 1.29 is 0 Å². The van der Waals surface area contributed by atoms with Crippen molar-refractivity contribution in [1.82, 2.24) is 0 Å². The Morgan fingerprint density at radius 3 is 1.58 bits per heavy atom. The van der Waals surface area contributed by atoms with E-state index in [-0.39, 0.29) is 0 Å². The van der Waals surface area contributed by atoms with Gasteiger partial charge in [0.25, 0.3) is 0 Å². The predicted octanol–water partition coefficient (Wildman–Crippen LogP) is 6.58. The van der Waals surface area contributed by atoms with Crippen molar-refractivity contribution in [2.24, 2.45) is 0 Å². The molecule has 0 aromatic carbocycles. The van der Waals surface area contributed by atoms with Crippen LogP contribution in [0.1, 0.15) is 64.7 Å². The van der Waals surface area contributed by atoms with Gasteiger partial charge in [-0.1, -0.05) is 75.3 Å². The van der Waals surface area contributed by atoms with E-state index in [1.807, 2.05) is 0 Å². The molecule has 1 radical (unpaired) electrons. The molecule has 0 aliphatic carbocycles. The van der Waals surface area contributed by atoms with Gasteiger partial charge >= 0.3 is 0 Å². The Bertz CT molecular complexity index is 266. The summed E-state index contributed by atoms with van der Waals surface area (Å²) < 4.78 is 0. The smallest absolute Gasteiger partial charge is 0.0169 e. The molecule has 0 spiro atoms. The summed E-state index contributed by atoms with van der Waals surface area (Å²) in [5.41, 5.74) is 0. The van der Waals surface area contributed by atoms with E-state index in [0.717, 1.165) is 38.5 Å². The van der Waals surface area contributed by atoms with E-state index in [9.17, 15) is 0 Å². The van der Waals surface area contributed by atoms with E-state index in [0.29, 0.717) is 0 Å². The van der Waals surface area contributed by atoms with Gasteiger partial charge in [0.15, 0.2) is 0 Å². The highest BCUT2D eigenvalue weighted by atomic mass is 13.9. The van der Waals surface area contributed by atoms with E-state index >= 15 is 0 Å². The highest BCUT2D eigenvalue weighted by molar-refractivity contribution is 4.96. The molecule has 107 valence electrons. The van der Waals surface area contributed by atoms with Gasteiger partial charge in [0, 0.05) is 0 Å². The van der Waals surface area contributed by atoms with Gasteiger partial charge in [-0.2, -0.15) is 0 Å². The Balaban J connectivity index is 3.33. The van der Waals surface area contributed by atoms with Crippen molar-refractivity contribution in [2.75, 3.05) is 0 Å². The Hall–Kier alpha value is -1.04. The van der Waals surface area contributed by atoms with Gasteiger partial charge in [0.1, 0.15) is 0 Å². The fourth-order valence-electron chi connectivity index (χ4n) is 1.65. The normalized spacial score (nSPS) is 12.7. The standard InChI is InChI=1S/C19H31/c1-3-5-7-9-11-13-15-17-19-18-16-14-12-10-8-6-4-2/h7,9-10,12-13,15-16,18H,1,3-6,8,11,14,17,19H2,2H3. The molecule has 0 bridgehead atoms. The largest absolute Gasteiger partial charge is 0.0882 e. The number of hydrogen-bond acceptors (Lipinski definition) is 0. The first-order valence-electron chi connectivity index (χ1n) is 7.81. The molecule has 0 aliphatic rings. The maximum absolute atomic E-state index is 3.81. The Labute approximate surface area is 121 Å². The van der Waals surface area contributed by atoms with Crippen LogP contribution in [0.3, 0.4) is 0 Å². The molecule has 0 aromatic rings. The van der Waals surface area contributed by atoms with Crippen molar-refractivity contribution in [3.8, 4) is 0 Å². The van der Waals surface area contributed by atoms with E-state index in [1.54, 1.807) is 0 Å². The average molecular weight is 259 g/mol. The van der Waals surface area contributed by atoms with Gasteiger partial charge in [-0.3, -0.25) is 0 Å². The van der Waals surface area contributed by atoms with Crippen molar-refractivity contribution in [2.45, 2.75) is 64.7 Å². The van der Waals surface area contributed by atoms with Crippen LogP contribution >= 0.6 is 0 Å². The molecule has 0 heteroatoms. The van der Waals surface area contributed by atoms with Crippen LogP contribution in [-0.2, 0) is 0 Å². The van der Waals surface area contributed by atoms with E-state index in [2.05, 4.69) is 62.5 Å². The summed E-state index contributed by atoms with van der Waals surface area (Å²) >= 11 is 0. The molecule has 0 saturated heterocycles. The summed E-state index contributed by atoms with van der Waals surface area (Å²) in [7, 11) is 0. The van der Waals surface area contributed by atoms with Gasteiger partial charge in [-0.25, -0.2) is 0 Å². The minimum Gasteiger partial charge on any atom is -0.0882 e. The zero-order chi connectivity index (χ0) is 14.0. The van der Waals surface area contributed by atoms with Crippen molar-refractivity contribution in [1.29, 1.82) is 0 Å². The first kappa shape index (κ1) is 18.0. The molecule has 0 atom stereocenters. The zero-order valence-electron chi connectivity index (χ0n) is 12.7. The molecule has 0 N–H and O–H groups in total. The monoisotopic (exact) mass is 259 g/mol. The van der Waals surface area contributed by atoms with Crippen LogP contribution in [-0.4, -0.2) is 0 Å². The maximum atomic E-state index is 3.81. The van der Waals surface area contributed by atoms with Crippen LogP contribution in [0.25, 0.3) is 0 Å². The second kappa shape index (κ2) is 17.0. The Morgan fingerprint density at radius 1 is 0.632 bits per heavy atom. The molecule has 0 nitrogen and oxygen atoms in total. The summed E-state index contributed by atoms with van der Waals surface area (Å²) in [6.07, 6.45) is 28.5. The van der Waals surface area contributed by atoms with E-state index in [4.69, 9.17) is 0 Å². The quantitative estimate of drug-likeness (QED) is 0.274. The molecule has 0 heterocycles. The molecule has 0 fully saturated rings. The minimum absolute atomic E-state index is 0.998. The number of allylic oxidation sites excluding steroid dienone is 8. The van der Waals surface area contributed by atoms with Crippen LogP contribution in [0, 0.1) is 6.92 Å². The Morgan fingerprint density at radius 2 is 1.11 bits per heavy atom. The lowest BCUT2D eigenvalue weighted by molar-refractivity contribution is 0.813. The summed E-state index contributed by atoms with van der Waals surface area (Å²) in [6, 6.07) is 0. The van der Waals surface area contributed by atoms with Crippen LogP contribution in [0.2, 0.25) is 0 Å². The summed E-state index contributed by atoms with van der Waals surface area (Å²) in [5, 5.41) is 0. The van der Waals surface area contributed by atoms with Gasteiger partial charge in [-0.05, 0) is 44.9 Å².